The lowest BCUT2D eigenvalue weighted by atomic mass is 10.2. The summed E-state index contributed by atoms with van der Waals surface area (Å²) < 4.78 is 5.30. The van der Waals surface area contributed by atoms with Gasteiger partial charge in [-0.1, -0.05) is 0 Å². The molecule has 2 aromatic rings. The van der Waals surface area contributed by atoms with E-state index in [0.717, 1.165) is 24.2 Å². The van der Waals surface area contributed by atoms with Crippen molar-refractivity contribution in [1.82, 2.24) is 9.97 Å². The first-order valence-corrected chi connectivity index (χ1v) is 5.70. The zero-order valence-corrected chi connectivity index (χ0v) is 9.63. The molecule has 0 unspecified atom stereocenters. The minimum Gasteiger partial charge on any atom is -0.378 e. The van der Waals surface area contributed by atoms with Gasteiger partial charge in [-0.15, -0.1) is 0 Å². The molecule has 18 heavy (non-hydrogen) atoms. The van der Waals surface area contributed by atoms with Gasteiger partial charge >= 0.3 is 0 Å². The van der Waals surface area contributed by atoms with Crippen molar-refractivity contribution in [2.24, 2.45) is 0 Å². The van der Waals surface area contributed by atoms with Crippen LogP contribution in [0.1, 0.15) is 0 Å². The molecule has 1 aliphatic rings. The number of pyridine rings is 1. The van der Waals surface area contributed by atoms with E-state index in [4.69, 9.17) is 4.74 Å². The normalized spacial score (nSPS) is 16.1. The van der Waals surface area contributed by atoms with Crippen LogP contribution in [0.2, 0.25) is 0 Å². The molecule has 1 aliphatic heterocycles. The Morgan fingerprint density at radius 3 is 2.94 bits per heavy atom. The lowest BCUT2D eigenvalue weighted by molar-refractivity contribution is -0.385. The third-order valence-corrected chi connectivity index (χ3v) is 3.06. The fraction of sp³-hybridized carbons (Fsp3) is 0.364. The van der Waals surface area contributed by atoms with Gasteiger partial charge in [0.25, 0.3) is 5.69 Å². The van der Waals surface area contributed by atoms with E-state index in [1.807, 2.05) is 6.20 Å². The number of nitro groups is 1. The predicted octanol–water partition coefficient (Wildman–Crippen LogP) is 1.31. The standard InChI is InChI=1S/C11H12N4O3/c16-15(17)8-5-9-10(7-13-11(9)12-6-8)14-1-3-18-4-2-14/h5-7H,1-4H2,(H,12,13). The summed E-state index contributed by atoms with van der Waals surface area (Å²) in [7, 11) is 0. The Morgan fingerprint density at radius 1 is 1.44 bits per heavy atom. The van der Waals surface area contributed by atoms with Gasteiger partial charge in [0.2, 0.25) is 0 Å². The molecule has 0 spiro atoms. The second kappa shape index (κ2) is 4.26. The summed E-state index contributed by atoms with van der Waals surface area (Å²) in [6, 6.07) is 1.56. The second-order valence-electron chi connectivity index (χ2n) is 4.12. The van der Waals surface area contributed by atoms with Crippen molar-refractivity contribution in [3.63, 3.8) is 0 Å². The van der Waals surface area contributed by atoms with Gasteiger partial charge in [0, 0.05) is 30.7 Å². The molecular formula is C11H12N4O3. The van der Waals surface area contributed by atoms with Crippen molar-refractivity contribution in [2.75, 3.05) is 31.2 Å². The SMILES string of the molecule is O=[N+]([O-])c1cnc2[nH]cc(N3CCOCC3)c2c1. The summed E-state index contributed by atoms with van der Waals surface area (Å²) in [6.07, 6.45) is 3.11. The van der Waals surface area contributed by atoms with Crippen molar-refractivity contribution in [3.05, 3.63) is 28.6 Å². The number of H-pyrrole nitrogens is 1. The number of aromatic nitrogens is 2. The third kappa shape index (κ3) is 1.78. The highest BCUT2D eigenvalue weighted by atomic mass is 16.6. The molecule has 0 aliphatic carbocycles. The first-order chi connectivity index (χ1) is 8.75. The molecule has 1 fully saturated rings. The van der Waals surface area contributed by atoms with Gasteiger partial charge in [0.15, 0.2) is 0 Å². The molecule has 0 bridgehead atoms. The number of hydrogen-bond donors (Lipinski definition) is 1. The zero-order valence-electron chi connectivity index (χ0n) is 9.63. The second-order valence-corrected chi connectivity index (χ2v) is 4.12. The van der Waals surface area contributed by atoms with Gasteiger partial charge in [-0.3, -0.25) is 10.1 Å². The Balaban J connectivity index is 2.05. The van der Waals surface area contributed by atoms with E-state index in [1.165, 1.54) is 6.20 Å². The van der Waals surface area contributed by atoms with Crippen LogP contribution < -0.4 is 4.90 Å². The van der Waals surface area contributed by atoms with E-state index in [2.05, 4.69) is 14.9 Å². The maximum atomic E-state index is 10.8. The minimum absolute atomic E-state index is 0.0107. The fourth-order valence-corrected chi connectivity index (χ4v) is 2.14. The number of nitrogens with zero attached hydrogens (tertiary/aromatic N) is 3. The highest BCUT2D eigenvalue weighted by Crippen LogP contribution is 2.28. The summed E-state index contributed by atoms with van der Waals surface area (Å²) in [4.78, 5) is 19.6. The molecule has 1 N–H and O–H groups in total. The number of ether oxygens (including phenoxy) is 1. The molecule has 7 nitrogen and oxygen atoms in total. The van der Waals surface area contributed by atoms with Gasteiger partial charge in [-0.05, 0) is 0 Å². The number of anilines is 1. The van der Waals surface area contributed by atoms with Gasteiger partial charge < -0.3 is 14.6 Å². The molecule has 0 aromatic carbocycles. The van der Waals surface area contributed by atoms with E-state index < -0.39 is 4.92 Å². The number of fused-ring (bicyclic) bond motifs is 1. The van der Waals surface area contributed by atoms with E-state index in [0.29, 0.717) is 18.9 Å². The first-order valence-electron chi connectivity index (χ1n) is 5.70. The van der Waals surface area contributed by atoms with Gasteiger partial charge in [0.05, 0.1) is 23.8 Å². The Labute approximate surface area is 103 Å². The molecule has 7 heteroatoms. The molecule has 3 heterocycles. The molecule has 3 rings (SSSR count). The van der Waals surface area contributed by atoms with Crippen molar-refractivity contribution < 1.29 is 9.66 Å². The molecule has 94 valence electrons. The van der Waals surface area contributed by atoms with Crippen LogP contribution >= 0.6 is 0 Å². The summed E-state index contributed by atoms with van der Waals surface area (Å²) in [5, 5.41) is 11.6. The summed E-state index contributed by atoms with van der Waals surface area (Å²) >= 11 is 0. The summed E-state index contributed by atoms with van der Waals surface area (Å²) in [6.45, 7) is 2.93. The van der Waals surface area contributed by atoms with Crippen molar-refractivity contribution in [2.45, 2.75) is 0 Å². The summed E-state index contributed by atoms with van der Waals surface area (Å²) in [5.74, 6) is 0. The molecule has 0 amide bonds. The van der Waals surface area contributed by atoms with Crippen LogP contribution in [0.15, 0.2) is 18.5 Å². The lowest BCUT2D eigenvalue weighted by Gasteiger charge is -2.28. The Kier molecular flexibility index (Phi) is 2.60. The van der Waals surface area contributed by atoms with Gasteiger partial charge in [0.1, 0.15) is 11.8 Å². The van der Waals surface area contributed by atoms with Crippen LogP contribution in [0, 0.1) is 10.1 Å². The van der Waals surface area contributed by atoms with Gasteiger partial charge in [-0.2, -0.15) is 0 Å². The van der Waals surface area contributed by atoms with Crippen molar-refractivity contribution >= 4 is 22.4 Å². The van der Waals surface area contributed by atoms with E-state index in [-0.39, 0.29) is 5.69 Å². The maximum Gasteiger partial charge on any atom is 0.288 e. The lowest BCUT2D eigenvalue weighted by Crippen LogP contribution is -2.36. The van der Waals surface area contributed by atoms with Crippen LogP contribution in [0.3, 0.4) is 0 Å². The Morgan fingerprint density at radius 2 is 2.22 bits per heavy atom. The van der Waals surface area contributed by atoms with Crippen LogP contribution in [0.25, 0.3) is 11.0 Å². The number of nitrogens with one attached hydrogen (secondary N) is 1. The highest BCUT2D eigenvalue weighted by molar-refractivity contribution is 5.91. The van der Waals surface area contributed by atoms with Crippen molar-refractivity contribution in [3.8, 4) is 0 Å². The topological polar surface area (TPSA) is 84.3 Å². The molecule has 0 radical (unpaired) electrons. The van der Waals surface area contributed by atoms with Gasteiger partial charge in [-0.25, -0.2) is 4.98 Å². The third-order valence-electron chi connectivity index (χ3n) is 3.06. The maximum absolute atomic E-state index is 10.8. The van der Waals surface area contributed by atoms with Crippen LogP contribution in [0.5, 0.6) is 0 Å². The summed E-state index contributed by atoms with van der Waals surface area (Å²) in [5.41, 5.74) is 1.63. The largest absolute Gasteiger partial charge is 0.378 e. The molecule has 1 saturated heterocycles. The number of morpholine rings is 1. The molecule has 0 atom stereocenters. The first kappa shape index (κ1) is 11.0. The smallest absolute Gasteiger partial charge is 0.288 e. The van der Waals surface area contributed by atoms with E-state index >= 15 is 0 Å². The van der Waals surface area contributed by atoms with Crippen LogP contribution in [-0.2, 0) is 4.74 Å². The predicted molar refractivity (Wildman–Crippen MR) is 65.8 cm³/mol. The monoisotopic (exact) mass is 248 g/mol. The van der Waals surface area contributed by atoms with E-state index in [9.17, 15) is 10.1 Å². The van der Waals surface area contributed by atoms with E-state index in [1.54, 1.807) is 6.07 Å². The zero-order chi connectivity index (χ0) is 12.5. The Hall–Kier alpha value is -2.15. The van der Waals surface area contributed by atoms with Crippen LogP contribution in [-0.4, -0.2) is 41.2 Å². The Bertz CT molecular complexity index is 589. The number of hydrogen-bond acceptors (Lipinski definition) is 5. The molecule has 2 aromatic heterocycles. The molecule has 0 saturated carbocycles. The minimum atomic E-state index is -0.428. The fourth-order valence-electron chi connectivity index (χ4n) is 2.14. The highest BCUT2D eigenvalue weighted by Gasteiger charge is 2.17. The molecular weight excluding hydrogens is 236 g/mol. The number of rotatable bonds is 2. The van der Waals surface area contributed by atoms with Crippen LogP contribution in [0.4, 0.5) is 11.4 Å². The average molecular weight is 248 g/mol. The number of aromatic amines is 1. The quantitative estimate of drug-likeness (QED) is 0.639. The van der Waals surface area contributed by atoms with Crippen molar-refractivity contribution in [1.29, 1.82) is 0 Å². The average Bonchev–Trinajstić information content (AvgIpc) is 2.82.